The van der Waals surface area contributed by atoms with Crippen LogP contribution in [-0.4, -0.2) is 30.7 Å². The van der Waals surface area contributed by atoms with Gasteiger partial charge in [0.05, 0.1) is 10.7 Å². The van der Waals surface area contributed by atoms with Crippen LogP contribution in [0.15, 0.2) is 18.2 Å². The van der Waals surface area contributed by atoms with Gasteiger partial charge in [0.15, 0.2) is 0 Å². The fraction of sp³-hybridized carbons (Fsp3) is 0.200. The first kappa shape index (κ1) is 12.5. The normalized spacial score (nSPS) is 9.88. The van der Waals surface area contributed by atoms with E-state index in [-0.39, 0.29) is 22.9 Å². The number of amides is 1. The molecular weight excluding hydrogens is 234 g/mol. The molecule has 1 aromatic rings. The Kier molecular flexibility index (Phi) is 4.28. The molecule has 0 spiro atoms. The lowest BCUT2D eigenvalue weighted by atomic mass is 10.2. The van der Waals surface area contributed by atoms with E-state index in [1.165, 1.54) is 19.2 Å². The summed E-state index contributed by atoms with van der Waals surface area (Å²) < 4.78 is 4.61. The zero-order valence-corrected chi connectivity index (χ0v) is 9.25. The highest BCUT2D eigenvalue weighted by Crippen LogP contribution is 2.24. The molecule has 5 nitrogen and oxygen atoms in total. The zero-order valence-electron chi connectivity index (χ0n) is 8.49. The summed E-state index contributed by atoms with van der Waals surface area (Å²) in [4.78, 5) is 22.1. The number of benzene rings is 1. The molecular formula is C10H10ClNO4. The van der Waals surface area contributed by atoms with Gasteiger partial charge in [-0.25, -0.2) is 4.79 Å². The van der Waals surface area contributed by atoms with Gasteiger partial charge in [-0.15, -0.1) is 0 Å². The molecule has 1 aromatic carbocycles. The van der Waals surface area contributed by atoms with Gasteiger partial charge in [0.1, 0.15) is 12.2 Å². The molecule has 0 aliphatic carbocycles. The van der Waals surface area contributed by atoms with Crippen LogP contribution < -0.4 is 5.32 Å². The largest absolute Gasteiger partial charge is 0.478 e. The third kappa shape index (κ3) is 2.95. The average molecular weight is 244 g/mol. The van der Waals surface area contributed by atoms with Gasteiger partial charge in [-0.2, -0.15) is 0 Å². The summed E-state index contributed by atoms with van der Waals surface area (Å²) in [7, 11) is 1.37. The highest BCUT2D eigenvalue weighted by molar-refractivity contribution is 6.34. The average Bonchev–Trinajstić information content (AvgIpc) is 2.17. The number of hydrogen-bond donors (Lipinski definition) is 2. The van der Waals surface area contributed by atoms with Crippen molar-refractivity contribution in [2.75, 3.05) is 19.0 Å². The molecule has 0 aliphatic rings. The summed E-state index contributed by atoms with van der Waals surface area (Å²) in [6.07, 6.45) is 0. The lowest BCUT2D eigenvalue weighted by molar-refractivity contribution is -0.119. The fourth-order valence-electron chi connectivity index (χ4n) is 1.16. The first-order chi connectivity index (χ1) is 7.56. The standard InChI is InChI=1S/C10H10ClNO4/c1-16-5-8(13)12-7-4-2-3-6(11)9(7)10(14)15/h2-4H,5H2,1H3,(H,12,13)(H,14,15). The van der Waals surface area contributed by atoms with Crippen molar-refractivity contribution in [1.82, 2.24) is 0 Å². The molecule has 0 aliphatic heterocycles. The Morgan fingerprint density at radius 2 is 2.19 bits per heavy atom. The second-order valence-electron chi connectivity index (χ2n) is 2.95. The molecule has 0 heterocycles. The quantitative estimate of drug-likeness (QED) is 0.843. The number of carboxylic acid groups (broad SMARTS) is 1. The molecule has 0 radical (unpaired) electrons. The zero-order chi connectivity index (χ0) is 12.1. The van der Waals surface area contributed by atoms with Crippen LogP contribution in [0.5, 0.6) is 0 Å². The first-order valence-electron chi connectivity index (χ1n) is 4.37. The van der Waals surface area contributed by atoms with Crippen molar-refractivity contribution in [2.24, 2.45) is 0 Å². The molecule has 2 N–H and O–H groups in total. The number of carbonyl (C=O) groups is 2. The Balaban J connectivity index is 3.00. The second kappa shape index (κ2) is 5.48. The summed E-state index contributed by atoms with van der Waals surface area (Å²) in [5.74, 6) is -1.63. The number of rotatable bonds is 4. The Morgan fingerprint density at radius 3 is 2.75 bits per heavy atom. The lowest BCUT2D eigenvalue weighted by Crippen LogP contribution is -2.19. The molecule has 1 amide bonds. The van der Waals surface area contributed by atoms with Crippen molar-refractivity contribution in [3.8, 4) is 0 Å². The highest BCUT2D eigenvalue weighted by Gasteiger charge is 2.15. The maximum atomic E-state index is 11.2. The van der Waals surface area contributed by atoms with E-state index in [0.717, 1.165) is 0 Å². The van der Waals surface area contributed by atoms with Gasteiger partial charge >= 0.3 is 5.97 Å². The van der Waals surface area contributed by atoms with E-state index in [0.29, 0.717) is 0 Å². The van der Waals surface area contributed by atoms with Gasteiger partial charge in [0, 0.05) is 7.11 Å². The minimum atomic E-state index is -1.20. The lowest BCUT2D eigenvalue weighted by Gasteiger charge is -2.08. The number of carbonyl (C=O) groups excluding carboxylic acids is 1. The topological polar surface area (TPSA) is 75.6 Å². The maximum Gasteiger partial charge on any atom is 0.339 e. The summed E-state index contributed by atoms with van der Waals surface area (Å²) in [5.41, 5.74) is 0.0238. The van der Waals surface area contributed by atoms with Crippen LogP contribution in [-0.2, 0) is 9.53 Å². The van der Waals surface area contributed by atoms with Crippen molar-refractivity contribution in [3.05, 3.63) is 28.8 Å². The minimum Gasteiger partial charge on any atom is -0.478 e. The molecule has 0 unspecified atom stereocenters. The monoisotopic (exact) mass is 243 g/mol. The van der Waals surface area contributed by atoms with Crippen LogP contribution in [0, 0.1) is 0 Å². The molecule has 0 saturated heterocycles. The van der Waals surface area contributed by atoms with E-state index in [9.17, 15) is 9.59 Å². The Bertz CT molecular complexity index is 419. The molecule has 0 atom stereocenters. The minimum absolute atomic E-state index is 0.0720. The third-order valence-electron chi connectivity index (χ3n) is 1.78. The summed E-state index contributed by atoms with van der Waals surface area (Å²) >= 11 is 5.72. The summed E-state index contributed by atoms with van der Waals surface area (Å²) in [6.45, 7) is -0.147. The number of methoxy groups -OCH3 is 1. The van der Waals surface area contributed by atoms with Crippen LogP contribution in [0.25, 0.3) is 0 Å². The Morgan fingerprint density at radius 1 is 1.50 bits per heavy atom. The number of halogens is 1. The van der Waals surface area contributed by atoms with Crippen molar-refractivity contribution in [3.63, 3.8) is 0 Å². The maximum absolute atomic E-state index is 11.2. The van der Waals surface area contributed by atoms with Gasteiger partial charge in [0.2, 0.25) is 5.91 Å². The van der Waals surface area contributed by atoms with Crippen LogP contribution in [0.3, 0.4) is 0 Å². The van der Waals surface area contributed by atoms with E-state index in [1.54, 1.807) is 6.07 Å². The smallest absolute Gasteiger partial charge is 0.339 e. The van der Waals surface area contributed by atoms with Gasteiger partial charge in [-0.3, -0.25) is 4.79 Å². The Labute approximate surface area is 97.0 Å². The number of nitrogens with one attached hydrogen (secondary N) is 1. The number of carboxylic acids is 1. The Hall–Kier alpha value is -1.59. The van der Waals surface area contributed by atoms with Crippen molar-refractivity contribution >= 4 is 29.2 Å². The highest BCUT2D eigenvalue weighted by atomic mass is 35.5. The molecule has 16 heavy (non-hydrogen) atoms. The number of aromatic carboxylic acids is 1. The predicted octanol–water partition coefficient (Wildman–Crippen LogP) is 1.62. The molecule has 6 heteroatoms. The molecule has 0 bridgehead atoms. The summed E-state index contributed by atoms with van der Waals surface area (Å²) in [5, 5.41) is 11.4. The van der Waals surface area contributed by atoms with Crippen LogP contribution in [0.2, 0.25) is 5.02 Å². The molecule has 0 saturated carbocycles. The van der Waals surface area contributed by atoms with Crippen LogP contribution >= 0.6 is 11.6 Å². The van der Waals surface area contributed by atoms with E-state index in [1.807, 2.05) is 0 Å². The third-order valence-corrected chi connectivity index (χ3v) is 2.09. The molecule has 0 aromatic heterocycles. The van der Waals surface area contributed by atoms with E-state index in [4.69, 9.17) is 16.7 Å². The van der Waals surface area contributed by atoms with Gasteiger partial charge in [-0.1, -0.05) is 17.7 Å². The van der Waals surface area contributed by atoms with Crippen molar-refractivity contribution < 1.29 is 19.4 Å². The molecule has 0 fully saturated rings. The van der Waals surface area contributed by atoms with Gasteiger partial charge in [-0.05, 0) is 12.1 Å². The number of anilines is 1. The fourth-order valence-corrected chi connectivity index (χ4v) is 1.42. The van der Waals surface area contributed by atoms with Crippen LogP contribution in [0.4, 0.5) is 5.69 Å². The number of ether oxygens (including phenoxy) is 1. The van der Waals surface area contributed by atoms with Crippen LogP contribution in [0.1, 0.15) is 10.4 Å². The SMILES string of the molecule is COCC(=O)Nc1cccc(Cl)c1C(=O)O. The van der Waals surface area contributed by atoms with E-state index < -0.39 is 11.9 Å². The van der Waals surface area contributed by atoms with Gasteiger partial charge in [0.25, 0.3) is 0 Å². The van der Waals surface area contributed by atoms with Gasteiger partial charge < -0.3 is 15.2 Å². The molecule has 86 valence electrons. The number of hydrogen-bond acceptors (Lipinski definition) is 3. The van der Waals surface area contributed by atoms with Crippen molar-refractivity contribution in [2.45, 2.75) is 0 Å². The first-order valence-corrected chi connectivity index (χ1v) is 4.74. The van der Waals surface area contributed by atoms with Crippen molar-refractivity contribution in [1.29, 1.82) is 0 Å². The second-order valence-corrected chi connectivity index (χ2v) is 3.36. The molecule has 1 rings (SSSR count). The van der Waals surface area contributed by atoms with E-state index in [2.05, 4.69) is 10.1 Å². The van der Waals surface area contributed by atoms with E-state index >= 15 is 0 Å². The summed E-state index contributed by atoms with van der Waals surface area (Å²) in [6, 6.07) is 4.46. The predicted molar refractivity (Wildman–Crippen MR) is 58.9 cm³/mol.